The topological polar surface area (TPSA) is 51.0 Å². The Morgan fingerprint density at radius 1 is 1.56 bits per heavy atom. The van der Waals surface area contributed by atoms with E-state index in [9.17, 15) is 0 Å². The molecule has 0 saturated heterocycles. The fourth-order valence-electron chi connectivity index (χ4n) is 1.51. The zero-order valence-electron chi connectivity index (χ0n) is 9.06. The SMILES string of the molecule is Cc1nc(-c2cnc(CNC3CC3)o2)cs1. The summed E-state index contributed by atoms with van der Waals surface area (Å²) in [4.78, 5) is 8.60. The number of oxazole rings is 1. The van der Waals surface area contributed by atoms with Gasteiger partial charge in [-0.1, -0.05) is 0 Å². The molecular weight excluding hydrogens is 222 g/mol. The highest BCUT2D eigenvalue weighted by Crippen LogP contribution is 2.23. The van der Waals surface area contributed by atoms with Crippen LogP contribution in [0.5, 0.6) is 0 Å². The molecule has 0 bridgehead atoms. The van der Waals surface area contributed by atoms with Crippen molar-refractivity contribution >= 4 is 11.3 Å². The molecule has 1 saturated carbocycles. The third-order valence-corrected chi connectivity index (χ3v) is 3.32. The van der Waals surface area contributed by atoms with Gasteiger partial charge in [-0.3, -0.25) is 0 Å². The van der Waals surface area contributed by atoms with E-state index in [-0.39, 0.29) is 0 Å². The summed E-state index contributed by atoms with van der Waals surface area (Å²) in [5, 5.41) is 6.41. The van der Waals surface area contributed by atoms with E-state index in [1.165, 1.54) is 12.8 Å². The highest BCUT2D eigenvalue weighted by molar-refractivity contribution is 7.09. The molecule has 2 heterocycles. The lowest BCUT2D eigenvalue weighted by Gasteiger charge is -1.96. The Hall–Kier alpha value is -1.20. The van der Waals surface area contributed by atoms with Gasteiger partial charge in [0.05, 0.1) is 17.7 Å². The standard InChI is InChI=1S/C11H13N3OS/c1-7-14-9(6-16-7)10-4-13-11(15-10)5-12-8-2-3-8/h4,6,8,12H,2-3,5H2,1H3. The second-order valence-corrected chi connectivity index (χ2v) is 5.09. The summed E-state index contributed by atoms with van der Waals surface area (Å²) in [5.74, 6) is 1.50. The molecule has 4 nitrogen and oxygen atoms in total. The number of hydrogen-bond acceptors (Lipinski definition) is 5. The number of hydrogen-bond donors (Lipinski definition) is 1. The molecule has 1 N–H and O–H groups in total. The van der Waals surface area contributed by atoms with Crippen LogP contribution in [0.15, 0.2) is 16.0 Å². The first-order chi connectivity index (χ1) is 7.81. The minimum atomic E-state index is 0.678. The molecule has 5 heteroatoms. The van der Waals surface area contributed by atoms with Crippen molar-refractivity contribution < 1.29 is 4.42 Å². The number of nitrogens with one attached hydrogen (secondary N) is 1. The number of thiazole rings is 1. The van der Waals surface area contributed by atoms with Crippen LogP contribution in [0.3, 0.4) is 0 Å². The maximum absolute atomic E-state index is 5.63. The van der Waals surface area contributed by atoms with Crippen molar-refractivity contribution in [1.29, 1.82) is 0 Å². The fourth-order valence-corrected chi connectivity index (χ4v) is 2.11. The van der Waals surface area contributed by atoms with E-state index < -0.39 is 0 Å². The van der Waals surface area contributed by atoms with E-state index in [1.54, 1.807) is 17.5 Å². The smallest absolute Gasteiger partial charge is 0.208 e. The second kappa shape index (κ2) is 3.99. The van der Waals surface area contributed by atoms with Gasteiger partial charge >= 0.3 is 0 Å². The molecule has 0 aliphatic heterocycles. The molecule has 3 rings (SSSR count). The van der Waals surface area contributed by atoms with Crippen LogP contribution in [0.1, 0.15) is 23.7 Å². The molecule has 0 spiro atoms. The van der Waals surface area contributed by atoms with Gasteiger partial charge in [0.2, 0.25) is 5.89 Å². The maximum atomic E-state index is 5.63. The molecule has 1 fully saturated rings. The molecule has 0 radical (unpaired) electrons. The van der Waals surface area contributed by atoms with Crippen LogP contribution in [-0.2, 0) is 6.54 Å². The van der Waals surface area contributed by atoms with Gasteiger partial charge in [-0.2, -0.15) is 0 Å². The molecule has 0 amide bonds. The molecule has 0 atom stereocenters. The monoisotopic (exact) mass is 235 g/mol. The largest absolute Gasteiger partial charge is 0.438 e. The van der Waals surface area contributed by atoms with Crippen molar-refractivity contribution in [3.63, 3.8) is 0 Å². The first-order valence-electron chi connectivity index (χ1n) is 5.42. The number of nitrogens with zero attached hydrogens (tertiary/aromatic N) is 2. The van der Waals surface area contributed by atoms with Gasteiger partial charge in [0, 0.05) is 11.4 Å². The van der Waals surface area contributed by atoms with Gasteiger partial charge in [0.25, 0.3) is 0 Å². The van der Waals surface area contributed by atoms with E-state index in [2.05, 4.69) is 15.3 Å². The zero-order valence-corrected chi connectivity index (χ0v) is 9.88. The third-order valence-electron chi connectivity index (χ3n) is 2.54. The van der Waals surface area contributed by atoms with Crippen molar-refractivity contribution in [3.8, 4) is 11.5 Å². The maximum Gasteiger partial charge on any atom is 0.208 e. The van der Waals surface area contributed by atoms with E-state index in [0.29, 0.717) is 12.6 Å². The van der Waals surface area contributed by atoms with Crippen molar-refractivity contribution in [2.75, 3.05) is 0 Å². The lowest BCUT2D eigenvalue weighted by Crippen LogP contribution is -2.15. The fraction of sp³-hybridized carbons (Fsp3) is 0.455. The number of aryl methyl sites for hydroxylation is 1. The average molecular weight is 235 g/mol. The van der Waals surface area contributed by atoms with Crippen LogP contribution in [-0.4, -0.2) is 16.0 Å². The van der Waals surface area contributed by atoms with Gasteiger partial charge in [-0.25, -0.2) is 9.97 Å². The van der Waals surface area contributed by atoms with Crippen LogP contribution in [0.2, 0.25) is 0 Å². The van der Waals surface area contributed by atoms with Gasteiger partial charge in [-0.05, 0) is 19.8 Å². The highest BCUT2D eigenvalue weighted by Gasteiger charge is 2.21. The summed E-state index contributed by atoms with van der Waals surface area (Å²) < 4.78 is 5.63. The Balaban J connectivity index is 1.71. The Labute approximate surface area is 97.7 Å². The van der Waals surface area contributed by atoms with Crippen molar-refractivity contribution in [2.45, 2.75) is 32.4 Å². The molecule has 0 aromatic carbocycles. The second-order valence-electron chi connectivity index (χ2n) is 4.03. The van der Waals surface area contributed by atoms with Crippen LogP contribution in [0.25, 0.3) is 11.5 Å². The van der Waals surface area contributed by atoms with Crippen LogP contribution < -0.4 is 5.32 Å². The molecule has 0 unspecified atom stereocenters. The first-order valence-corrected chi connectivity index (χ1v) is 6.30. The molecule has 2 aromatic rings. The summed E-state index contributed by atoms with van der Waals surface area (Å²) in [5.41, 5.74) is 0.882. The lowest BCUT2D eigenvalue weighted by molar-refractivity contribution is 0.476. The van der Waals surface area contributed by atoms with Gasteiger partial charge in [0.15, 0.2) is 5.76 Å². The van der Waals surface area contributed by atoms with Crippen molar-refractivity contribution in [3.05, 3.63) is 22.5 Å². The van der Waals surface area contributed by atoms with Gasteiger partial charge in [-0.15, -0.1) is 11.3 Å². The van der Waals surface area contributed by atoms with Crippen LogP contribution in [0.4, 0.5) is 0 Å². The van der Waals surface area contributed by atoms with E-state index in [1.807, 2.05) is 12.3 Å². The molecule has 1 aliphatic rings. The van der Waals surface area contributed by atoms with Crippen LogP contribution in [0, 0.1) is 6.92 Å². The molecular formula is C11H13N3OS. The normalized spacial score (nSPS) is 15.6. The molecule has 1 aliphatic carbocycles. The quantitative estimate of drug-likeness (QED) is 0.883. The third kappa shape index (κ3) is 2.15. The molecule has 84 valence electrons. The average Bonchev–Trinajstić information content (AvgIpc) is 2.81. The summed E-state index contributed by atoms with van der Waals surface area (Å²) in [6.07, 6.45) is 4.30. The predicted molar refractivity (Wildman–Crippen MR) is 62.2 cm³/mol. The molecule has 16 heavy (non-hydrogen) atoms. The summed E-state index contributed by atoms with van der Waals surface area (Å²) in [7, 11) is 0. The minimum Gasteiger partial charge on any atom is -0.438 e. The molecule has 2 aromatic heterocycles. The minimum absolute atomic E-state index is 0.678. The van der Waals surface area contributed by atoms with Crippen molar-refractivity contribution in [1.82, 2.24) is 15.3 Å². The Bertz CT molecular complexity index is 487. The lowest BCUT2D eigenvalue weighted by atomic mass is 10.4. The Morgan fingerprint density at radius 2 is 2.44 bits per heavy atom. The Kier molecular flexibility index (Phi) is 2.49. The zero-order chi connectivity index (χ0) is 11.0. The first kappa shape index (κ1) is 9.99. The van der Waals surface area contributed by atoms with E-state index in [4.69, 9.17) is 4.42 Å². The van der Waals surface area contributed by atoms with Gasteiger partial charge in [0.1, 0.15) is 5.69 Å². The Morgan fingerprint density at radius 3 is 3.12 bits per heavy atom. The van der Waals surface area contributed by atoms with E-state index >= 15 is 0 Å². The summed E-state index contributed by atoms with van der Waals surface area (Å²) >= 11 is 1.62. The van der Waals surface area contributed by atoms with E-state index in [0.717, 1.165) is 22.4 Å². The summed E-state index contributed by atoms with van der Waals surface area (Å²) in [6.45, 7) is 2.70. The number of rotatable bonds is 4. The summed E-state index contributed by atoms with van der Waals surface area (Å²) in [6, 6.07) is 0.678. The highest BCUT2D eigenvalue weighted by atomic mass is 32.1. The predicted octanol–water partition coefficient (Wildman–Crippen LogP) is 2.36. The van der Waals surface area contributed by atoms with Gasteiger partial charge < -0.3 is 9.73 Å². The number of aromatic nitrogens is 2. The van der Waals surface area contributed by atoms with Crippen molar-refractivity contribution in [2.24, 2.45) is 0 Å². The van der Waals surface area contributed by atoms with Crippen LogP contribution >= 0.6 is 11.3 Å².